The lowest BCUT2D eigenvalue weighted by atomic mass is 9.92. The van der Waals surface area contributed by atoms with Crippen molar-refractivity contribution in [3.63, 3.8) is 0 Å². The maximum Gasteiger partial charge on any atom is 0.339 e. The van der Waals surface area contributed by atoms with Crippen molar-refractivity contribution in [1.82, 2.24) is 4.31 Å². The number of alkyl halides is 3. The Morgan fingerprint density at radius 2 is 2.00 bits per heavy atom. The summed E-state index contributed by atoms with van der Waals surface area (Å²) in [6.07, 6.45) is 1.66. The van der Waals surface area contributed by atoms with E-state index in [4.69, 9.17) is 39.0 Å². The summed E-state index contributed by atoms with van der Waals surface area (Å²) in [5, 5.41) is 0. The molecule has 0 N–H and O–H groups in total. The zero-order valence-electron chi connectivity index (χ0n) is 10.3. The minimum absolute atomic E-state index is 0.0368. The van der Waals surface area contributed by atoms with Gasteiger partial charge < -0.3 is 0 Å². The molecule has 0 aromatic heterocycles. The van der Waals surface area contributed by atoms with E-state index in [1.54, 1.807) is 0 Å². The van der Waals surface area contributed by atoms with Crippen LogP contribution < -0.4 is 0 Å². The lowest BCUT2D eigenvalue weighted by Crippen LogP contribution is -2.23. The number of fused-ring (bicyclic) bond motifs is 3. The second-order valence-electron chi connectivity index (χ2n) is 4.91. The molecule has 1 aliphatic carbocycles. The van der Waals surface area contributed by atoms with E-state index in [9.17, 15) is 8.42 Å². The molecule has 110 valence electrons. The fraction of sp³-hybridized carbons (Fsp3) is 0.500. The topological polar surface area (TPSA) is 46.4 Å². The summed E-state index contributed by atoms with van der Waals surface area (Å²) in [6.45, 7) is -0.489. The largest absolute Gasteiger partial charge is 0.339 e. The van der Waals surface area contributed by atoms with E-state index < -0.39 is 20.7 Å². The predicted octanol–water partition coefficient (Wildman–Crippen LogP) is 2.99. The summed E-state index contributed by atoms with van der Waals surface area (Å²) < 4.78 is 28.7. The van der Waals surface area contributed by atoms with E-state index in [-0.39, 0.29) is 12.1 Å². The number of rotatable bonds is 3. The van der Waals surface area contributed by atoms with Crippen molar-refractivity contribution in [2.75, 3.05) is 6.61 Å². The third-order valence-corrected chi connectivity index (χ3v) is 5.35. The number of aryl methyl sites for hydroxylation is 1. The maximum absolute atomic E-state index is 12.1. The molecule has 4 nitrogen and oxygen atoms in total. The van der Waals surface area contributed by atoms with Gasteiger partial charge in [0.2, 0.25) is 3.79 Å². The molecule has 2 aliphatic rings. The van der Waals surface area contributed by atoms with Crippen LogP contribution in [0.2, 0.25) is 0 Å². The van der Waals surface area contributed by atoms with Gasteiger partial charge in [0, 0.05) is 6.04 Å². The first-order chi connectivity index (χ1) is 9.30. The van der Waals surface area contributed by atoms with E-state index in [2.05, 4.69) is 0 Å². The van der Waals surface area contributed by atoms with Crippen LogP contribution in [0, 0.1) is 0 Å². The van der Waals surface area contributed by atoms with Crippen molar-refractivity contribution >= 4 is 45.1 Å². The molecule has 0 radical (unpaired) electrons. The van der Waals surface area contributed by atoms with Crippen LogP contribution in [0.3, 0.4) is 0 Å². The first-order valence-electron chi connectivity index (χ1n) is 6.12. The van der Waals surface area contributed by atoms with Crippen LogP contribution in [0.15, 0.2) is 24.3 Å². The summed E-state index contributed by atoms with van der Waals surface area (Å²) in [7, 11) is -3.87. The number of nitrogens with zero attached hydrogens (tertiary/aromatic N) is 1. The summed E-state index contributed by atoms with van der Waals surface area (Å²) >= 11 is 16.6. The van der Waals surface area contributed by atoms with Gasteiger partial charge in [-0.15, -0.1) is 0 Å². The Balaban J connectivity index is 1.78. The Labute approximate surface area is 132 Å². The van der Waals surface area contributed by atoms with Gasteiger partial charge in [-0.25, -0.2) is 0 Å². The van der Waals surface area contributed by atoms with Gasteiger partial charge in [0.05, 0.1) is 6.04 Å². The Hall–Kier alpha value is -0.0400. The molecule has 0 amide bonds. The van der Waals surface area contributed by atoms with Crippen LogP contribution in [0.4, 0.5) is 0 Å². The van der Waals surface area contributed by atoms with Crippen LogP contribution in [0.5, 0.6) is 0 Å². The van der Waals surface area contributed by atoms with Crippen molar-refractivity contribution in [3.8, 4) is 0 Å². The summed E-state index contributed by atoms with van der Waals surface area (Å²) in [5.74, 6) is 0. The Bertz CT molecular complexity index is 629. The minimum Gasteiger partial charge on any atom is -0.253 e. The Kier molecular flexibility index (Phi) is 3.72. The van der Waals surface area contributed by atoms with Gasteiger partial charge in [0.1, 0.15) is 6.61 Å². The highest BCUT2D eigenvalue weighted by atomic mass is 35.6. The summed E-state index contributed by atoms with van der Waals surface area (Å²) in [4.78, 5) is 0. The minimum atomic E-state index is -3.87. The fourth-order valence-electron chi connectivity index (χ4n) is 2.75. The number of hydrogen-bond acceptors (Lipinski definition) is 3. The lowest BCUT2D eigenvalue weighted by Gasteiger charge is -2.12. The van der Waals surface area contributed by atoms with E-state index in [0.717, 1.165) is 18.4 Å². The molecule has 3 atom stereocenters. The summed E-state index contributed by atoms with van der Waals surface area (Å²) in [6, 6.07) is 7.67. The highest BCUT2D eigenvalue weighted by Crippen LogP contribution is 2.52. The molecular formula is C12H12Cl3NO3S. The lowest BCUT2D eigenvalue weighted by molar-refractivity contribution is 0.302. The third kappa shape index (κ3) is 2.80. The zero-order valence-corrected chi connectivity index (χ0v) is 13.4. The molecule has 0 saturated carbocycles. The van der Waals surface area contributed by atoms with Crippen molar-refractivity contribution in [2.24, 2.45) is 0 Å². The molecule has 1 heterocycles. The first-order valence-corrected chi connectivity index (χ1v) is 8.62. The Morgan fingerprint density at radius 3 is 2.70 bits per heavy atom. The van der Waals surface area contributed by atoms with E-state index in [0.29, 0.717) is 0 Å². The third-order valence-electron chi connectivity index (χ3n) is 3.59. The SMILES string of the molecule is O=S(=O)(OCC(Cl)(Cl)Cl)N1C2CCc3ccccc3C21. The average molecular weight is 357 g/mol. The molecule has 3 rings (SSSR count). The van der Waals surface area contributed by atoms with Gasteiger partial charge >= 0.3 is 10.3 Å². The molecule has 20 heavy (non-hydrogen) atoms. The standard InChI is InChI=1S/C12H12Cl3NO3S/c13-12(14,15)7-19-20(17,18)16-10-6-5-8-3-1-2-4-9(8)11(10)16/h1-4,10-11H,5-7H2. The predicted molar refractivity (Wildman–Crippen MR) is 78.3 cm³/mol. The van der Waals surface area contributed by atoms with Crippen LogP contribution in [0.1, 0.15) is 23.6 Å². The molecule has 0 spiro atoms. The monoisotopic (exact) mass is 355 g/mol. The smallest absolute Gasteiger partial charge is 0.253 e. The molecule has 0 bridgehead atoms. The molecule has 1 saturated heterocycles. The molecule has 3 unspecified atom stereocenters. The van der Waals surface area contributed by atoms with Gasteiger partial charge in [-0.1, -0.05) is 59.1 Å². The normalized spacial score (nSPS) is 28.6. The average Bonchev–Trinajstić information content (AvgIpc) is 3.11. The van der Waals surface area contributed by atoms with Crippen LogP contribution in [-0.4, -0.2) is 29.2 Å². The van der Waals surface area contributed by atoms with Gasteiger partial charge in [0.25, 0.3) is 0 Å². The zero-order chi connectivity index (χ0) is 14.5. The van der Waals surface area contributed by atoms with Crippen LogP contribution >= 0.6 is 34.8 Å². The van der Waals surface area contributed by atoms with Crippen LogP contribution in [0.25, 0.3) is 0 Å². The Morgan fingerprint density at radius 1 is 1.30 bits per heavy atom. The quantitative estimate of drug-likeness (QED) is 0.618. The molecular weight excluding hydrogens is 345 g/mol. The van der Waals surface area contributed by atoms with Gasteiger partial charge in [-0.2, -0.15) is 12.7 Å². The van der Waals surface area contributed by atoms with E-state index in [1.807, 2.05) is 24.3 Å². The van der Waals surface area contributed by atoms with Crippen molar-refractivity contribution in [1.29, 1.82) is 0 Å². The van der Waals surface area contributed by atoms with Gasteiger partial charge in [0.15, 0.2) is 0 Å². The van der Waals surface area contributed by atoms with Crippen molar-refractivity contribution in [2.45, 2.75) is 28.7 Å². The van der Waals surface area contributed by atoms with Crippen LogP contribution in [-0.2, 0) is 20.9 Å². The van der Waals surface area contributed by atoms with Crippen molar-refractivity contribution < 1.29 is 12.6 Å². The van der Waals surface area contributed by atoms with Gasteiger partial charge in [-0.05, 0) is 24.0 Å². The molecule has 1 fully saturated rings. The first kappa shape index (κ1) is 14.9. The van der Waals surface area contributed by atoms with Gasteiger partial charge in [-0.3, -0.25) is 4.18 Å². The maximum atomic E-state index is 12.1. The number of halogens is 3. The summed E-state index contributed by atoms with van der Waals surface area (Å²) in [5.41, 5.74) is 2.23. The number of hydrogen-bond donors (Lipinski definition) is 0. The molecule has 1 aromatic carbocycles. The van der Waals surface area contributed by atoms with E-state index in [1.165, 1.54) is 9.87 Å². The molecule has 1 aromatic rings. The van der Waals surface area contributed by atoms with Crippen molar-refractivity contribution in [3.05, 3.63) is 35.4 Å². The molecule has 1 aliphatic heterocycles. The highest BCUT2D eigenvalue weighted by molar-refractivity contribution is 7.84. The fourth-order valence-corrected chi connectivity index (χ4v) is 4.58. The molecule has 8 heteroatoms. The second-order valence-corrected chi connectivity index (χ2v) is 8.94. The second kappa shape index (κ2) is 5.00. The highest BCUT2D eigenvalue weighted by Gasteiger charge is 2.58. The number of benzene rings is 1. The van der Waals surface area contributed by atoms with E-state index >= 15 is 0 Å².